The van der Waals surface area contributed by atoms with Gasteiger partial charge in [-0.05, 0) is 12.8 Å². The van der Waals surface area contributed by atoms with Gasteiger partial charge in [0.1, 0.15) is 18.2 Å². The number of nitrogens with zero attached hydrogens (tertiary/aromatic N) is 1. The molecule has 5 unspecified atom stereocenters. The molecule has 38 heavy (non-hydrogen) atoms. The molecule has 2 rings (SSSR count). The second kappa shape index (κ2) is 18.0. The van der Waals surface area contributed by atoms with E-state index in [9.17, 15) is 14.3 Å². The van der Waals surface area contributed by atoms with Crippen LogP contribution in [0.4, 0.5) is 0 Å². The molecule has 224 valence electrons. The summed E-state index contributed by atoms with van der Waals surface area (Å²) in [6.07, 6.45) is 19.0. The molecule has 0 aromatic rings. The SMILES string of the molecule is CCCCCCCCCCCCCCCCOCC(COP(=O)(O)OC1CC2CC1[N+](C)(C)C2)OC(C)=O. The van der Waals surface area contributed by atoms with Crippen molar-refractivity contribution in [2.24, 2.45) is 5.92 Å². The van der Waals surface area contributed by atoms with E-state index < -0.39 is 19.9 Å². The zero-order chi connectivity index (χ0) is 27.9. The number of hydrogen-bond donors (Lipinski definition) is 1. The first-order chi connectivity index (χ1) is 18.1. The van der Waals surface area contributed by atoms with Crippen LogP contribution in [0.5, 0.6) is 0 Å². The van der Waals surface area contributed by atoms with Gasteiger partial charge in [-0.25, -0.2) is 4.57 Å². The fraction of sp³-hybridized carbons (Fsp3) is 0.966. The fourth-order valence-corrected chi connectivity index (χ4v) is 7.20. The second-order valence-electron chi connectivity index (χ2n) is 12.2. The average molecular weight is 563 g/mol. The summed E-state index contributed by atoms with van der Waals surface area (Å²) in [5.74, 6) is 0.0524. The molecule has 2 fully saturated rings. The normalized spacial score (nSPS) is 24.4. The number of esters is 1. The average Bonchev–Trinajstić information content (AvgIpc) is 3.36. The number of hydrogen-bond acceptors (Lipinski definition) is 6. The van der Waals surface area contributed by atoms with Gasteiger partial charge in [0.15, 0.2) is 0 Å². The number of phosphoric ester groups is 1. The van der Waals surface area contributed by atoms with Crippen LogP contribution in [0.25, 0.3) is 0 Å². The predicted molar refractivity (Wildman–Crippen MR) is 151 cm³/mol. The molecule has 9 heteroatoms. The Labute approximate surface area is 232 Å². The Hall–Kier alpha value is -0.500. The number of unbranched alkanes of at least 4 members (excludes halogenated alkanes) is 13. The molecule has 1 aliphatic carbocycles. The van der Waals surface area contributed by atoms with Crippen molar-refractivity contribution in [2.75, 3.05) is 40.5 Å². The van der Waals surface area contributed by atoms with Crippen LogP contribution in [-0.2, 0) is 27.9 Å². The van der Waals surface area contributed by atoms with Gasteiger partial charge in [0, 0.05) is 25.9 Å². The second-order valence-corrected chi connectivity index (χ2v) is 13.6. The molecular formula is C29H57NO7P+. The number of likely N-dealkylation sites (tertiary alicyclic amines) is 1. The maximum atomic E-state index is 12.6. The molecule has 1 heterocycles. The van der Waals surface area contributed by atoms with Crippen molar-refractivity contribution in [3.8, 4) is 0 Å². The smallest absolute Gasteiger partial charge is 0.458 e. The highest BCUT2D eigenvalue weighted by Crippen LogP contribution is 2.51. The van der Waals surface area contributed by atoms with Gasteiger partial charge in [0.2, 0.25) is 0 Å². The van der Waals surface area contributed by atoms with E-state index in [0.717, 1.165) is 36.7 Å². The van der Waals surface area contributed by atoms with Crippen molar-refractivity contribution in [3.63, 3.8) is 0 Å². The highest BCUT2D eigenvalue weighted by Gasteiger charge is 2.54. The van der Waals surface area contributed by atoms with Crippen LogP contribution >= 0.6 is 7.82 Å². The first-order valence-corrected chi connectivity index (χ1v) is 16.9. The lowest BCUT2D eigenvalue weighted by atomic mass is 10.0. The Balaban J connectivity index is 1.49. The zero-order valence-corrected chi connectivity index (χ0v) is 25.6. The summed E-state index contributed by atoms with van der Waals surface area (Å²) in [6.45, 7) is 5.12. The maximum absolute atomic E-state index is 12.6. The minimum Gasteiger partial charge on any atom is -0.458 e. The van der Waals surface area contributed by atoms with Crippen molar-refractivity contribution in [1.29, 1.82) is 0 Å². The lowest BCUT2D eigenvalue weighted by molar-refractivity contribution is -0.910. The summed E-state index contributed by atoms with van der Waals surface area (Å²) in [4.78, 5) is 21.8. The van der Waals surface area contributed by atoms with E-state index in [0.29, 0.717) is 12.5 Å². The van der Waals surface area contributed by atoms with Gasteiger partial charge in [-0.2, -0.15) is 0 Å². The first kappa shape index (κ1) is 33.7. The van der Waals surface area contributed by atoms with Crippen molar-refractivity contribution in [1.82, 2.24) is 0 Å². The molecule has 2 aliphatic rings. The maximum Gasteiger partial charge on any atom is 0.472 e. The van der Waals surface area contributed by atoms with Crippen molar-refractivity contribution >= 4 is 13.8 Å². The molecule has 1 aliphatic heterocycles. The quantitative estimate of drug-likeness (QED) is 0.0635. The van der Waals surface area contributed by atoms with Crippen LogP contribution in [0.2, 0.25) is 0 Å². The van der Waals surface area contributed by atoms with E-state index in [-0.39, 0.29) is 25.4 Å². The number of likely N-dealkylation sites (N-methyl/N-ethyl adjacent to an activating group) is 1. The summed E-state index contributed by atoms with van der Waals surface area (Å²) in [5, 5.41) is 0. The molecule has 0 aromatic carbocycles. The molecule has 1 saturated heterocycles. The number of ether oxygens (including phenoxy) is 2. The monoisotopic (exact) mass is 562 g/mol. The van der Waals surface area contributed by atoms with E-state index in [1.54, 1.807) is 0 Å². The number of quaternary nitrogens is 1. The Morgan fingerprint density at radius 1 is 0.895 bits per heavy atom. The van der Waals surface area contributed by atoms with Crippen LogP contribution < -0.4 is 0 Å². The first-order valence-electron chi connectivity index (χ1n) is 15.4. The zero-order valence-electron chi connectivity index (χ0n) is 24.7. The third-order valence-electron chi connectivity index (χ3n) is 8.17. The Morgan fingerprint density at radius 2 is 1.45 bits per heavy atom. The minimum absolute atomic E-state index is 0.135. The van der Waals surface area contributed by atoms with E-state index in [2.05, 4.69) is 21.0 Å². The Bertz CT molecular complexity index is 704. The summed E-state index contributed by atoms with van der Waals surface area (Å²) in [7, 11) is 0.0104. The van der Waals surface area contributed by atoms with Crippen LogP contribution in [0.3, 0.4) is 0 Å². The number of rotatable bonds is 23. The molecule has 5 atom stereocenters. The minimum atomic E-state index is -4.26. The van der Waals surface area contributed by atoms with Crippen molar-refractivity contribution < 1.29 is 37.3 Å². The van der Waals surface area contributed by atoms with Gasteiger partial charge in [0.05, 0.1) is 33.9 Å². The van der Waals surface area contributed by atoms with E-state index >= 15 is 0 Å². The number of phosphoric acid groups is 1. The van der Waals surface area contributed by atoms with Gasteiger partial charge in [-0.1, -0.05) is 90.4 Å². The van der Waals surface area contributed by atoms with Gasteiger partial charge >= 0.3 is 13.8 Å². The van der Waals surface area contributed by atoms with Crippen LogP contribution in [-0.4, -0.2) is 74.1 Å². The lowest BCUT2D eigenvalue weighted by Crippen LogP contribution is -2.52. The molecule has 1 N–H and O–H groups in total. The third-order valence-corrected chi connectivity index (χ3v) is 9.18. The Kier molecular flexibility index (Phi) is 16.0. The highest BCUT2D eigenvalue weighted by molar-refractivity contribution is 7.47. The van der Waals surface area contributed by atoms with Crippen LogP contribution in [0.15, 0.2) is 0 Å². The third kappa shape index (κ3) is 13.7. The molecule has 8 nitrogen and oxygen atoms in total. The van der Waals surface area contributed by atoms with Crippen LogP contribution in [0.1, 0.15) is 117 Å². The van der Waals surface area contributed by atoms with E-state index in [1.807, 2.05) is 0 Å². The predicted octanol–water partition coefficient (Wildman–Crippen LogP) is 6.79. The molecular weight excluding hydrogens is 505 g/mol. The molecule has 2 bridgehead atoms. The molecule has 1 saturated carbocycles. The standard InChI is InChI=1S/C29H56NO7P/c1-5-6-7-8-9-10-11-12-13-14-15-16-17-18-19-34-23-27(36-25(2)31)24-35-38(32,33)37-29-21-26-20-28(29)30(3,4)22-26/h26-29H,5-24H2,1-4H3/p+1. The van der Waals surface area contributed by atoms with Crippen LogP contribution in [0, 0.1) is 5.92 Å². The van der Waals surface area contributed by atoms with E-state index in [1.165, 1.54) is 84.0 Å². The summed E-state index contributed by atoms with van der Waals surface area (Å²) >= 11 is 0. The topological polar surface area (TPSA) is 91.3 Å². The van der Waals surface area contributed by atoms with Crippen molar-refractivity contribution in [3.05, 3.63) is 0 Å². The fourth-order valence-electron chi connectivity index (χ4n) is 6.22. The molecule has 0 spiro atoms. The van der Waals surface area contributed by atoms with Gasteiger partial charge in [0.25, 0.3) is 0 Å². The van der Waals surface area contributed by atoms with Gasteiger partial charge < -0.3 is 18.9 Å². The summed E-state index contributed by atoms with van der Waals surface area (Å²) < 4.78 is 35.1. The molecule has 0 amide bonds. The number of piperidine rings is 1. The number of fused-ring (bicyclic) bond motifs is 2. The van der Waals surface area contributed by atoms with Gasteiger partial charge in [-0.15, -0.1) is 0 Å². The summed E-state index contributed by atoms with van der Waals surface area (Å²) in [6, 6.07) is 0.210. The number of carbonyl (C=O) groups is 1. The largest absolute Gasteiger partial charge is 0.472 e. The van der Waals surface area contributed by atoms with E-state index in [4.69, 9.17) is 18.5 Å². The highest BCUT2D eigenvalue weighted by atomic mass is 31.2. The lowest BCUT2D eigenvalue weighted by Gasteiger charge is -2.38. The van der Waals surface area contributed by atoms with Gasteiger partial charge in [-0.3, -0.25) is 13.8 Å². The summed E-state index contributed by atoms with van der Waals surface area (Å²) in [5.41, 5.74) is 0. The number of carbonyl (C=O) groups excluding carboxylic acids is 1. The Morgan fingerprint density at radius 3 is 1.95 bits per heavy atom. The molecule has 0 aromatic heterocycles. The molecule has 0 radical (unpaired) electrons. The van der Waals surface area contributed by atoms with Crippen molar-refractivity contribution in [2.45, 2.75) is 135 Å².